The van der Waals surface area contributed by atoms with Crippen molar-refractivity contribution in [2.45, 2.75) is 13.0 Å². The molecule has 0 atom stereocenters. The van der Waals surface area contributed by atoms with Gasteiger partial charge in [0.15, 0.2) is 5.69 Å². The summed E-state index contributed by atoms with van der Waals surface area (Å²) in [5, 5.41) is 11.1. The van der Waals surface area contributed by atoms with E-state index in [1.165, 1.54) is 17.8 Å². The SMILES string of the molecule is O=C(O)c1csc(CN2CCC2)n1. The predicted octanol–water partition coefficient (Wildman–Crippen LogP) is 1.05. The van der Waals surface area contributed by atoms with Gasteiger partial charge in [0.05, 0.1) is 6.54 Å². The van der Waals surface area contributed by atoms with E-state index >= 15 is 0 Å². The third kappa shape index (κ3) is 1.87. The normalized spacial score (nSPS) is 16.9. The number of rotatable bonds is 3. The van der Waals surface area contributed by atoms with Gasteiger partial charge in [-0.15, -0.1) is 11.3 Å². The van der Waals surface area contributed by atoms with Gasteiger partial charge in [0.25, 0.3) is 0 Å². The minimum absolute atomic E-state index is 0.167. The number of hydrogen-bond donors (Lipinski definition) is 1. The zero-order valence-corrected chi connectivity index (χ0v) is 7.88. The molecule has 70 valence electrons. The number of thiazole rings is 1. The lowest BCUT2D eigenvalue weighted by molar-refractivity contribution is 0.0690. The molecule has 5 heteroatoms. The van der Waals surface area contributed by atoms with Gasteiger partial charge in [-0.3, -0.25) is 4.90 Å². The van der Waals surface area contributed by atoms with Gasteiger partial charge in [0.2, 0.25) is 0 Å². The van der Waals surface area contributed by atoms with Crippen molar-refractivity contribution in [3.63, 3.8) is 0 Å². The van der Waals surface area contributed by atoms with Gasteiger partial charge in [-0.05, 0) is 19.5 Å². The first kappa shape index (κ1) is 8.65. The van der Waals surface area contributed by atoms with Crippen LogP contribution < -0.4 is 0 Å². The summed E-state index contributed by atoms with van der Waals surface area (Å²) in [4.78, 5) is 16.8. The van der Waals surface area contributed by atoms with E-state index in [0.717, 1.165) is 24.6 Å². The van der Waals surface area contributed by atoms with Crippen LogP contribution in [-0.2, 0) is 6.54 Å². The van der Waals surface area contributed by atoms with Crippen LogP contribution in [0.15, 0.2) is 5.38 Å². The van der Waals surface area contributed by atoms with Crippen molar-refractivity contribution < 1.29 is 9.90 Å². The maximum atomic E-state index is 10.5. The molecule has 4 nitrogen and oxygen atoms in total. The molecule has 1 aromatic rings. The molecule has 0 saturated carbocycles. The fraction of sp³-hybridized carbons (Fsp3) is 0.500. The van der Waals surface area contributed by atoms with Crippen molar-refractivity contribution in [3.8, 4) is 0 Å². The molecular formula is C8H10N2O2S. The fourth-order valence-corrected chi connectivity index (χ4v) is 2.02. The molecule has 1 fully saturated rings. The quantitative estimate of drug-likeness (QED) is 0.788. The van der Waals surface area contributed by atoms with Crippen LogP contribution in [0.1, 0.15) is 21.9 Å². The summed E-state index contributed by atoms with van der Waals surface area (Å²) in [6, 6.07) is 0. The number of carboxylic acid groups (broad SMARTS) is 1. The summed E-state index contributed by atoms with van der Waals surface area (Å²) in [5.74, 6) is -0.939. The smallest absolute Gasteiger partial charge is 0.355 e. The maximum absolute atomic E-state index is 10.5. The molecule has 2 rings (SSSR count). The summed E-state index contributed by atoms with van der Waals surface area (Å²) in [5.41, 5.74) is 0.167. The van der Waals surface area contributed by atoms with E-state index in [2.05, 4.69) is 9.88 Å². The van der Waals surface area contributed by atoms with Gasteiger partial charge < -0.3 is 5.11 Å². The number of nitrogens with zero attached hydrogens (tertiary/aromatic N) is 2. The highest BCUT2D eigenvalue weighted by molar-refractivity contribution is 7.09. The second-order valence-corrected chi connectivity index (χ2v) is 4.00. The van der Waals surface area contributed by atoms with E-state index in [1.54, 1.807) is 5.38 Å². The number of likely N-dealkylation sites (tertiary alicyclic amines) is 1. The summed E-state index contributed by atoms with van der Waals surface area (Å²) < 4.78 is 0. The van der Waals surface area contributed by atoms with Gasteiger partial charge in [0.1, 0.15) is 5.01 Å². The van der Waals surface area contributed by atoms with Crippen LogP contribution in [0, 0.1) is 0 Å². The molecule has 1 aliphatic rings. The van der Waals surface area contributed by atoms with Crippen molar-refractivity contribution in [2.24, 2.45) is 0 Å². The monoisotopic (exact) mass is 198 g/mol. The lowest BCUT2D eigenvalue weighted by atomic mass is 10.2. The molecule has 1 aliphatic heterocycles. The standard InChI is InChI=1S/C8H10N2O2S/c11-8(12)6-5-13-7(9-6)4-10-2-1-3-10/h5H,1-4H2,(H,11,12). The maximum Gasteiger partial charge on any atom is 0.355 e. The first-order valence-corrected chi connectivity index (χ1v) is 5.04. The summed E-state index contributed by atoms with van der Waals surface area (Å²) in [6.45, 7) is 3.03. The average molecular weight is 198 g/mol. The number of hydrogen-bond acceptors (Lipinski definition) is 4. The zero-order valence-electron chi connectivity index (χ0n) is 7.06. The van der Waals surface area contributed by atoms with E-state index < -0.39 is 5.97 Å². The van der Waals surface area contributed by atoms with Crippen molar-refractivity contribution in [2.75, 3.05) is 13.1 Å². The van der Waals surface area contributed by atoms with E-state index in [0.29, 0.717) is 0 Å². The van der Waals surface area contributed by atoms with Gasteiger partial charge in [-0.25, -0.2) is 9.78 Å². The Balaban J connectivity index is 2.00. The van der Waals surface area contributed by atoms with Crippen molar-refractivity contribution in [1.82, 2.24) is 9.88 Å². The van der Waals surface area contributed by atoms with Crippen LogP contribution in [0.3, 0.4) is 0 Å². The van der Waals surface area contributed by atoms with Gasteiger partial charge in [0, 0.05) is 5.38 Å². The molecule has 0 aromatic carbocycles. The number of carbonyl (C=O) groups is 1. The van der Waals surface area contributed by atoms with Crippen LogP contribution in [0.5, 0.6) is 0 Å². The molecule has 0 unspecified atom stereocenters. The minimum Gasteiger partial charge on any atom is -0.476 e. The molecule has 1 aromatic heterocycles. The Hall–Kier alpha value is -0.940. The Bertz CT molecular complexity index is 320. The first-order chi connectivity index (χ1) is 6.25. The van der Waals surface area contributed by atoms with Gasteiger partial charge in [-0.1, -0.05) is 0 Å². The van der Waals surface area contributed by atoms with Gasteiger partial charge >= 0.3 is 5.97 Å². The van der Waals surface area contributed by atoms with Crippen LogP contribution in [-0.4, -0.2) is 34.0 Å². The third-order valence-electron chi connectivity index (χ3n) is 2.08. The third-order valence-corrected chi connectivity index (χ3v) is 2.91. The van der Waals surface area contributed by atoms with E-state index in [9.17, 15) is 4.79 Å². The fourth-order valence-electron chi connectivity index (χ4n) is 1.21. The highest BCUT2D eigenvalue weighted by atomic mass is 32.1. The van der Waals surface area contributed by atoms with Crippen LogP contribution in [0.4, 0.5) is 0 Å². The molecular weight excluding hydrogens is 188 g/mol. The Labute approximate surface area is 79.8 Å². The average Bonchev–Trinajstić information content (AvgIpc) is 2.44. The molecule has 0 spiro atoms. The molecule has 0 amide bonds. The molecule has 0 radical (unpaired) electrons. The Morgan fingerprint density at radius 1 is 1.69 bits per heavy atom. The Morgan fingerprint density at radius 2 is 2.46 bits per heavy atom. The second-order valence-electron chi connectivity index (χ2n) is 3.06. The molecule has 2 heterocycles. The molecule has 1 N–H and O–H groups in total. The van der Waals surface area contributed by atoms with Crippen molar-refractivity contribution >= 4 is 17.3 Å². The molecule has 1 saturated heterocycles. The van der Waals surface area contributed by atoms with Gasteiger partial charge in [-0.2, -0.15) is 0 Å². The van der Waals surface area contributed by atoms with Crippen molar-refractivity contribution in [1.29, 1.82) is 0 Å². The number of carboxylic acids is 1. The van der Waals surface area contributed by atoms with Crippen LogP contribution in [0.25, 0.3) is 0 Å². The number of aromatic carboxylic acids is 1. The summed E-state index contributed by atoms with van der Waals surface area (Å²) in [7, 11) is 0. The molecule has 0 bridgehead atoms. The second kappa shape index (κ2) is 3.43. The van der Waals surface area contributed by atoms with Crippen LogP contribution in [0.2, 0.25) is 0 Å². The van der Waals surface area contributed by atoms with Crippen LogP contribution >= 0.6 is 11.3 Å². The summed E-state index contributed by atoms with van der Waals surface area (Å²) >= 11 is 1.42. The Kier molecular flexibility index (Phi) is 2.28. The Morgan fingerprint density at radius 3 is 2.92 bits per heavy atom. The highest BCUT2D eigenvalue weighted by Crippen LogP contribution is 2.15. The number of aromatic nitrogens is 1. The van der Waals surface area contributed by atoms with E-state index in [4.69, 9.17) is 5.11 Å². The first-order valence-electron chi connectivity index (χ1n) is 4.16. The van der Waals surface area contributed by atoms with Crippen molar-refractivity contribution in [3.05, 3.63) is 16.1 Å². The topological polar surface area (TPSA) is 53.4 Å². The van der Waals surface area contributed by atoms with E-state index in [-0.39, 0.29) is 5.69 Å². The molecule has 0 aliphatic carbocycles. The van der Waals surface area contributed by atoms with E-state index in [1.807, 2.05) is 0 Å². The minimum atomic E-state index is -0.939. The highest BCUT2D eigenvalue weighted by Gasteiger charge is 2.16. The largest absolute Gasteiger partial charge is 0.476 e. The predicted molar refractivity (Wildman–Crippen MR) is 49.0 cm³/mol. The lowest BCUT2D eigenvalue weighted by Gasteiger charge is -2.29. The molecule has 13 heavy (non-hydrogen) atoms. The zero-order chi connectivity index (χ0) is 9.26. The summed E-state index contributed by atoms with van der Waals surface area (Å²) in [6.07, 6.45) is 1.25. The lowest BCUT2D eigenvalue weighted by Crippen LogP contribution is -2.36.